The Balaban J connectivity index is 1.51. The van der Waals surface area contributed by atoms with E-state index in [-0.39, 0.29) is 50.1 Å². The number of thioether (sulfide) groups is 1. The SMILES string of the molecule is C=CCCCCOC(=O)[C@H]1[C@H]2C(=O)N([C@@H](CO)C(C)C)C(C(=O)N(CC=C)Cn3nnc4ccccc43)C23CC[C@]1(C)S3. The van der Waals surface area contributed by atoms with E-state index >= 15 is 0 Å². The predicted molar refractivity (Wildman–Crippen MR) is 166 cm³/mol. The van der Waals surface area contributed by atoms with Gasteiger partial charge in [0.2, 0.25) is 11.8 Å². The molecule has 3 fully saturated rings. The van der Waals surface area contributed by atoms with E-state index in [1.807, 2.05) is 51.1 Å². The van der Waals surface area contributed by atoms with Crippen LogP contribution in [0.2, 0.25) is 0 Å². The zero-order valence-corrected chi connectivity index (χ0v) is 26.2. The van der Waals surface area contributed by atoms with Crippen molar-refractivity contribution in [2.24, 2.45) is 17.8 Å². The van der Waals surface area contributed by atoms with Crippen molar-refractivity contribution in [3.8, 4) is 0 Å². The number of hydrogen-bond donors (Lipinski definition) is 1. The molecule has 2 aromatic rings. The lowest BCUT2D eigenvalue weighted by molar-refractivity contribution is -0.156. The van der Waals surface area contributed by atoms with Gasteiger partial charge < -0.3 is 19.6 Å². The van der Waals surface area contributed by atoms with Crippen molar-refractivity contribution in [1.82, 2.24) is 24.8 Å². The van der Waals surface area contributed by atoms with Gasteiger partial charge in [-0.2, -0.15) is 0 Å². The monoisotopic (exact) mass is 609 g/mol. The maximum Gasteiger partial charge on any atom is 0.311 e. The molecule has 11 heteroatoms. The molecule has 2 unspecified atom stereocenters. The van der Waals surface area contributed by atoms with Gasteiger partial charge in [0.1, 0.15) is 18.2 Å². The van der Waals surface area contributed by atoms with Crippen molar-refractivity contribution in [1.29, 1.82) is 0 Å². The Morgan fingerprint density at radius 3 is 2.70 bits per heavy atom. The molecule has 10 nitrogen and oxygen atoms in total. The van der Waals surface area contributed by atoms with Crippen LogP contribution in [-0.2, 0) is 25.8 Å². The van der Waals surface area contributed by atoms with Gasteiger partial charge in [0.15, 0.2) is 0 Å². The van der Waals surface area contributed by atoms with E-state index in [0.29, 0.717) is 18.4 Å². The third-order valence-electron chi connectivity index (χ3n) is 9.45. The van der Waals surface area contributed by atoms with Crippen LogP contribution in [0.15, 0.2) is 49.6 Å². The summed E-state index contributed by atoms with van der Waals surface area (Å²) in [4.78, 5) is 46.2. The Morgan fingerprint density at radius 2 is 2.00 bits per heavy atom. The maximum absolute atomic E-state index is 14.8. The van der Waals surface area contributed by atoms with Crippen LogP contribution in [0.25, 0.3) is 11.0 Å². The number of esters is 1. The molecule has 0 aliphatic carbocycles. The summed E-state index contributed by atoms with van der Waals surface area (Å²) in [6.45, 7) is 13.9. The van der Waals surface area contributed by atoms with Gasteiger partial charge in [0, 0.05) is 11.3 Å². The first-order chi connectivity index (χ1) is 20.6. The summed E-state index contributed by atoms with van der Waals surface area (Å²) >= 11 is 1.60. The van der Waals surface area contributed by atoms with Crippen molar-refractivity contribution >= 4 is 40.6 Å². The quantitative estimate of drug-likeness (QED) is 0.195. The molecule has 232 valence electrons. The van der Waals surface area contributed by atoms with Crippen LogP contribution >= 0.6 is 11.8 Å². The van der Waals surface area contributed by atoms with Crippen molar-refractivity contribution in [3.05, 3.63) is 49.6 Å². The number of allylic oxidation sites excluding steroid dienone is 1. The minimum Gasteiger partial charge on any atom is -0.465 e. The molecule has 6 atom stereocenters. The van der Waals surface area contributed by atoms with Gasteiger partial charge in [-0.1, -0.05) is 43.3 Å². The molecule has 1 spiro atoms. The molecule has 4 heterocycles. The number of para-hydroxylation sites is 1. The number of rotatable bonds is 14. The molecule has 3 aliphatic heterocycles. The van der Waals surface area contributed by atoms with Gasteiger partial charge in [-0.25, -0.2) is 4.68 Å². The number of fused-ring (bicyclic) bond motifs is 2. The lowest BCUT2D eigenvalue weighted by Gasteiger charge is -2.40. The smallest absolute Gasteiger partial charge is 0.311 e. The van der Waals surface area contributed by atoms with Crippen LogP contribution in [0.1, 0.15) is 52.9 Å². The van der Waals surface area contributed by atoms with Crippen LogP contribution in [0.3, 0.4) is 0 Å². The predicted octanol–water partition coefficient (Wildman–Crippen LogP) is 3.80. The largest absolute Gasteiger partial charge is 0.465 e. The zero-order valence-electron chi connectivity index (χ0n) is 25.4. The second-order valence-corrected chi connectivity index (χ2v) is 14.4. The molecule has 0 radical (unpaired) electrons. The van der Waals surface area contributed by atoms with Crippen molar-refractivity contribution < 1.29 is 24.2 Å². The molecule has 1 aromatic carbocycles. The molecule has 3 saturated heterocycles. The van der Waals surface area contributed by atoms with Gasteiger partial charge in [-0.15, -0.1) is 30.0 Å². The fourth-order valence-corrected chi connectivity index (χ4v) is 9.69. The molecule has 3 aliphatic rings. The number of aromatic nitrogens is 3. The zero-order chi connectivity index (χ0) is 30.9. The molecule has 5 rings (SSSR count). The summed E-state index contributed by atoms with van der Waals surface area (Å²) in [6, 6.07) is 6.09. The average Bonchev–Trinajstić information content (AvgIpc) is 3.68. The van der Waals surface area contributed by atoms with Crippen LogP contribution < -0.4 is 0 Å². The molecular formula is C32H43N5O5S. The van der Waals surface area contributed by atoms with Crippen molar-refractivity contribution in [3.63, 3.8) is 0 Å². The highest BCUT2D eigenvalue weighted by Gasteiger charge is 2.78. The molecule has 1 N–H and O–H groups in total. The Labute approximate surface area is 257 Å². The number of amides is 2. The number of carbonyl (C=O) groups is 3. The first kappa shape index (κ1) is 31.3. The topological polar surface area (TPSA) is 118 Å². The number of aliphatic hydroxyl groups excluding tert-OH is 1. The number of ether oxygens (including phenoxy) is 1. The molecule has 2 amide bonds. The fourth-order valence-electron chi connectivity index (χ4n) is 7.36. The van der Waals surface area contributed by atoms with Gasteiger partial charge in [-0.05, 0) is 57.1 Å². The lowest BCUT2D eigenvalue weighted by Crippen LogP contribution is -2.58. The Kier molecular flexibility index (Phi) is 9.04. The maximum atomic E-state index is 14.8. The second-order valence-electron chi connectivity index (χ2n) is 12.5. The van der Waals surface area contributed by atoms with Crippen LogP contribution in [0.5, 0.6) is 0 Å². The highest BCUT2D eigenvalue weighted by Crippen LogP contribution is 2.72. The van der Waals surface area contributed by atoms with Gasteiger partial charge in [-0.3, -0.25) is 14.4 Å². The molecule has 1 aromatic heterocycles. The van der Waals surface area contributed by atoms with E-state index in [1.165, 1.54) is 0 Å². The number of hydrogen-bond acceptors (Lipinski definition) is 8. The number of carbonyl (C=O) groups excluding carboxylic acids is 3. The highest BCUT2D eigenvalue weighted by atomic mass is 32.2. The first-order valence-corrected chi connectivity index (χ1v) is 16.0. The minimum absolute atomic E-state index is 0.111. The minimum atomic E-state index is -0.864. The van der Waals surface area contributed by atoms with E-state index in [9.17, 15) is 19.5 Å². The van der Waals surface area contributed by atoms with Crippen LogP contribution in [0, 0.1) is 17.8 Å². The molecular weight excluding hydrogens is 566 g/mol. The Morgan fingerprint density at radius 1 is 1.23 bits per heavy atom. The third-order valence-corrected chi connectivity index (χ3v) is 11.4. The van der Waals surface area contributed by atoms with E-state index < -0.39 is 33.4 Å². The van der Waals surface area contributed by atoms with Gasteiger partial charge >= 0.3 is 5.97 Å². The standard InChI is InChI=1S/C32H43N5O5S/c1-6-8-9-12-18-42-30(41)26-25-28(39)37(24(19-38)21(3)4)27(32(25)16-15-31(26,5)43-32)29(40)35(17-7-2)20-36-23-14-11-10-13-22(23)33-34-36/h6-7,10-11,13-14,21,24-27,38H,1-2,8-9,12,15-20H2,3-5H3/t24-,25-,26+,27?,31-,32?/m0/s1. The van der Waals surface area contributed by atoms with Gasteiger partial charge in [0.25, 0.3) is 0 Å². The summed E-state index contributed by atoms with van der Waals surface area (Å²) in [5, 5.41) is 19.1. The lowest BCUT2D eigenvalue weighted by atomic mass is 9.66. The van der Waals surface area contributed by atoms with Crippen LogP contribution in [-0.4, -0.2) is 89.0 Å². The highest BCUT2D eigenvalue weighted by molar-refractivity contribution is 8.02. The molecule has 0 saturated carbocycles. The number of nitrogens with zero attached hydrogens (tertiary/aromatic N) is 5. The number of aliphatic hydroxyl groups is 1. The fraction of sp³-hybridized carbons (Fsp3) is 0.594. The van der Waals surface area contributed by atoms with Crippen LogP contribution in [0.4, 0.5) is 0 Å². The number of benzene rings is 1. The van der Waals surface area contributed by atoms with E-state index in [2.05, 4.69) is 23.5 Å². The first-order valence-electron chi connectivity index (χ1n) is 15.2. The van der Waals surface area contributed by atoms with Crippen molar-refractivity contribution in [2.45, 2.75) is 81.1 Å². The summed E-state index contributed by atoms with van der Waals surface area (Å²) in [6.07, 6.45) is 7.25. The normalized spacial score (nSPS) is 28.3. The van der Waals surface area contributed by atoms with E-state index in [4.69, 9.17) is 4.74 Å². The number of likely N-dealkylation sites (tertiary alicyclic amines) is 1. The Bertz CT molecular complexity index is 1400. The second kappa shape index (κ2) is 12.4. The van der Waals surface area contributed by atoms with Gasteiger partial charge in [0.05, 0.1) is 41.4 Å². The van der Waals surface area contributed by atoms with E-state index in [0.717, 1.165) is 24.8 Å². The summed E-state index contributed by atoms with van der Waals surface area (Å²) in [7, 11) is 0. The van der Waals surface area contributed by atoms with E-state index in [1.54, 1.807) is 32.3 Å². The summed E-state index contributed by atoms with van der Waals surface area (Å²) < 4.78 is 6.10. The number of unbranched alkanes of at least 4 members (excludes halogenated alkanes) is 2. The third kappa shape index (κ3) is 5.28. The molecule has 2 bridgehead atoms. The van der Waals surface area contributed by atoms with Crippen molar-refractivity contribution in [2.75, 3.05) is 19.8 Å². The summed E-state index contributed by atoms with van der Waals surface area (Å²) in [5.74, 6) is -2.36. The molecule has 43 heavy (non-hydrogen) atoms. The average molecular weight is 610 g/mol. The Hall–Kier alpha value is -3.18. The summed E-state index contributed by atoms with van der Waals surface area (Å²) in [5.41, 5.74) is 1.50.